The molecule has 2 aromatic heterocycles. The van der Waals surface area contributed by atoms with Gasteiger partial charge in [0.2, 0.25) is 17.7 Å². The van der Waals surface area contributed by atoms with Gasteiger partial charge in [-0.3, -0.25) is 14.4 Å². The quantitative estimate of drug-likeness (QED) is 0.425. The van der Waals surface area contributed by atoms with Crippen molar-refractivity contribution >= 4 is 40.2 Å². The first-order chi connectivity index (χ1) is 19.4. The number of hydrogen-bond donors (Lipinski definition) is 2. The topological polar surface area (TPSA) is 103 Å². The third-order valence-electron chi connectivity index (χ3n) is 9.21. The van der Waals surface area contributed by atoms with Crippen molar-refractivity contribution in [2.75, 3.05) is 26.2 Å². The predicted molar refractivity (Wildman–Crippen MR) is 153 cm³/mol. The van der Waals surface area contributed by atoms with Gasteiger partial charge in [-0.15, -0.1) is 0 Å². The summed E-state index contributed by atoms with van der Waals surface area (Å²) in [5, 5.41) is 4.70. The summed E-state index contributed by atoms with van der Waals surface area (Å²) >= 11 is 6.35. The number of rotatable bonds is 7. The van der Waals surface area contributed by atoms with Crippen LogP contribution in [0.15, 0.2) is 36.9 Å². The number of aromatic nitrogens is 3. The van der Waals surface area contributed by atoms with Gasteiger partial charge in [0.05, 0.1) is 17.8 Å². The Kier molecular flexibility index (Phi) is 7.33. The van der Waals surface area contributed by atoms with Crippen LogP contribution in [0.4, 0.5) is 0 Å². The SMILES string of the molecule is C[C@]12c3[nH]c4ccc(Cl)cc4c3CCN1C(=O)[C@@H](CC(=O)NCCCn1ccnc1)C[C@@H]2C(=O)N1CCCCC1. The molecule has 0 bridgehead atoms. The molecule has 0 saturated carbocycles. The zero-order valence-corrected chi connectivity index (χ0v) is 23.8. The van der Waals surface area contributed by atoms with Crippen LogP contribution in [-0.2, 0) is 32.9 Å². The molecule has 0 spiro atoms. The van der Waals surface area contributed by atoms with E-state index in [0.29, 0.717) is 31.0 Å². The van der Waals surface area contributed by atoms with Crippen LogP contribution in [0.1, 0.15) is 56.7 Å². The van der Waals surface area contributed by atoms with E-state index in [4.69, 9.17) is 11.6 Å². The number of carbonyl (C=O) groups is 3. The highest BCUT2D eigenvalue weighted by atomic mass is 35.5. The smallest absolute Gasteiger partial charge is 0.228 e. The molecule has 3 aromatic rings. The maximum atomic E-state index is 14.2. The number of benzene rings is 1. The lowest BCUT2D eigenvalue weighted by Crippen LogP contribution is -2.64. The van der Waals surface area contributed by atoms with Crippen LogP contribution >= 0.6 is 11.6 Å². The number of halogens is 1. The van der Waals surface area contributed by atoms with Crippen LogP contribution in [0.5, 0.6) is 0 Å². The van der Waals surface area contributed by atoms with Gasteiger partial charge in [-0.2, -0.15) is 0 Å². The zero-order chi connectivity index (χ0) is 27.9. The standard InChI is InChI=1S/C30H37ClN6O3/c1-30-24(29(40)36-12-3-2-4-13-36)16-20(17-26(38)33-9-5-11-35-15-10-32-19-35)28(39)37(30)14-8-22-23-18-21(31)6-7-25(23)34-27(22)30/h6-7,10,15,18-20,24,34H,2-5,8-9,11-14,16-17H2,1H3,(H,33,38)/t20-,24-,30+/m1/s1. The van der Waals surface area contributed by atoms with Crippen molar-refractivity contribution in [1.29, 1.82) is 0 Å². The maximum Gasteiger partial charge on any atom is 0.228 e. The molecule has 9 nitrogen and oxygen atoms in total. The van der Waals surface area contributed by atoms with E-state index in [1.165, 1.54) is 0 Å². The second-order valence-electron chi connectivity index (χ2n) is 11.6. The number of nitrogens with one attached hydrogen (secondary N) is 2. The Morgan fingerprint density at radius 3 is 2.80 bits per heavy atom. The number of aromatic amines is 1. The maximum absolute atomic E-state index is 14.2. The van der Waals surface area contributed by atoms with Crippen molar-refractivity contribution < 1.29 is 14.4 Å². The Bertz CT molecular complexity index is 1410. The van der Waals surface area contributed by atoms with Crippen molar-refractivity contribution in [1.82, 2.24) is 29.7 Å². The van der Waals surface area contributed by atoms with Crippen LogP contribution in [0, 0.1) is 11.8 Å². The molecule has 0 aliphatic carbocycles. The predicted octanol–water partition coefficient (Wildman–Crippen LogP) is 3.86. The summed E-state index contributed by atoms with van der Waals surface area (Å²) < 4.78 is 1.97. The second-order valence-corrected chi connectivity index (χ2v) is 12.1. The molecule has 2 N–H and O–H groups in total. The number of H-pyrrole nitrogens is 1. The Balaban J connectivity index is 1.26. The molecule has 2 saturated heterocycles. The Hall–Kier alpha value is -3.33. The molecule has 1 aromatic carbocycles. The molecule has 40 heavy (non-hydrogen) atoms. The Morgan fingerprint density at radius 2 is 2.02 bits per heavy atom. The fourth-order valence-electron chi connectivity index (χ4n) is 7.09. The number of piperidine rings is 2. The van der Waals surface area contributed by atoms with Crippen LogP contribution in [0.2, 0.25) is 5.02 Å². The van der Waals surface area contributed by atoms with E-state index in [1.54, 1.807) is 12.5 Å². The lowest BCUT2D eigenvalue weighted by Gasteiger charge is -2.54. The van der Waals surface area contributed by atoms with E-state index in [-0.39, 0.29) is 24.1 Å². The number of imidazole rings is 1. The molecule has 212 valence electrons. The van der Waals surface area contributed by atoms with Crippen molar-refractivity contribution in [2.45, 2.75) is 64.0 Å². The minimum absolute atomic E-state index is 0.0406. The first-order valence-electron chi connectivity index (χ1n) is 14.5. The average Bonchev–Trinajstić information content (AvgIpc) is 3.61. The van der Waals surface area contributed by atoms with Gasteiger partial charge in [-0.1, -0.05) is 11.6 Å². The molecule has 3 atom stereocenters. The van der Waals surface area contributed by atoms with Gasteiger partial charge in [0.15, 0.2) is 0 Å². The fraction of sp³-hybridized carbons (Fsp3) is 0.533. The Labute approximate surface area is 239 Å². The number of hydrogen-bond acceptors (Lipinski definition) is 4. The monoisotopic (exact) mass is 564 g/mol. The molecule has 6 rings (SSSR count). The van der Waals surface area contributed by atoms with Crippen molar-refractivity contribution in [3.05, 3.63) is 53.2 Å². The fourth-order valence-corrected chi connectivity index (χ4v) is 7.26. The highest BCUT2D eigenvalue weighted by Crippen LogP contribution is 2.50. The molecule has 0 radical (unpaired) electrons. The highest BCUT2D eigenvalue weighted by Gasteiger charge is 2.57. The van der Waals surface area contributed by atoms with Gasteiger partial charge in [0.1, 0.15) is 0 Å². The summed E-state index contributed by atoms with van der Waals surface area (Å²) in [6.07, 6.45) is 10.4. The summed E-state index contributed by atoms with van der Waals surface area (Å²) in [6, 6.07) is 5.80. The Morgan fingerprint density at radius 1 is 1.20 bits per heavy atom. The molecule has 10 heteroatoms. The van der Waals surface area contributed by atoms with Gasteiger partial charge < -0.3 is 24.7 Å². The number of carbonyl (C=O) groups excluding carboxylic acids is 3. The summed E-state index contributed by atoms with van der Waals surface area (Å²) in [4.78, 5) is 52.6. The lowest BCUT2D eigenvalue weighted by molar-refractivity contribution is -0.164. The van der Waals surface area contributed by atoms with Crippen molar-refractivity contribution in [3.8, 4) is 0 Å². The van der Waals surface area contributed by atoms with E-state index < -0.39 is 17.4 Å². The van der Waals surface area contributed by atoms with E-state index in [0.717, 1.165) is 67.5 Å². The number of nitrogens with zero attached hydrogens (tertiary/aromatic N) is 4. The minimum atomic E-state index is -0.817. The molecule has 3 amide bonds. The number of fused-ring (bicyclic) bond motifs is 5. The third-order valence-corrected chi connectivity index (χ3v) is 9.44. The molecule has 0 unspecified atom stereocenters. The van der Waals surface area contributed by atoms with Gasteiger partial charge >= 0.3 is 0 Å². The lowest BCUT2D eigenvalue weighted by atomic mass is 9.67. The molecule has 3 aliphatic heterocycles. The average molecular weight is 565 g/mol. The summed E-state index contributed by atoms with van der Waals surface area (Å²) in [5.74, 6) is -1.06. The van der Waals surface area contributed by atoms with E-state index in [1.807, 2.05) is 45.7 Å². The first kappa shape index (κ1) is 26.9. The number of aryl methyl sites for hydroxylation is 1. The van der Waals surface area contributed by atoms with Crippen LogP contribution in [-0.4, -0.2) is 68.2 Å². The van der Waals surface area contributed by atoms with Crippen LogP contribution in [0.25, 0.3) is 10.9 Å². The van der Waals surface area contributed by atoms with Gasteiger partial charge in [-0.25, -0.2) is 4.98 Å². The summed E-state index contributed by atoms with van der Waals surface area (Å²) in [5.41, 5.74) is 2.21. The molecular formula is C30H37ClN6O3. The largest absolute Gasteiger partial charge is 0.356 e. The van der Waals surface area contributed by atoms with Crippen molar-refractivity contribution in [2.24, 2.45) is 11.8 Å². The van der Waals surface area contributed by atoms with E-state index in [9.17, 15) is 14.4 Å². The summed E-state index contributed by atoms with van der Waals surface area (Å²) in [6.45, 7) is 5.33. The van der Waals surface area contributed by atoms with Crippen LogP contribution in [0.3, 0.4) is 0 Å². The van der Waals surface area contributed by atoms with Gasteiger partial charge in [0, 0.05) is 79.1 Å². The third kappa shape index (κ3) is 4.78. The zero-order valence-electron chi connectivity index (χ0n) is 23.0. The second kappa shape index (κ2) is 10.9. The van der Waals surface area contributed by atoms with E-state index in [2.05, 4.69) is 15.3 Å². The number of likely N-dealkylation sites (tertiary alicyclic amines) is 1. The highest BCUT2D eigenvalue weighted by molar-refractivity contribution is 6.31. The van der Waals surface area contributed by atoms with E-state index >= 15 is 0 Å². The minimum Gasteiger partial charge on any atom is -0.356 e. The molecule has 2 fully saturated rings. The molecule has 3 aliphatic rings. The van der Waals surface area contributed by atoms with Gasteiger partial charge in [-0.05, 0) is 69.2 Å². The van der Waals surface area contributed by atoms with Gasteiger partial charge in [0.25, 0.3) is 0 Å². The summed E-state index contributed by atoms with van der Waals surface area (Å²) in [7, 11) is 0. The van der Waals surface area contributed by atoms with Crippen molar-refractivity contribution in [3.63, 3.8) is 0 Å². The molecular weight excluding hydrogens is 528 g/mol. The normalized spacial score (nSPS) is 24.6. The first-order valence-corrected chi connectivity index (χ1v) is 14.9. The number of amides is 3. The van der Waals surface area contributed by atoms with Crippen LogP contribution < -0.4 is 5.32 Å². The molecule has 5 heterocycles.